The van der Waals surface area contributed by atoms with Crippen LogP contribution in [0.2, 0.25) is 0 Å². The van der Waals surface area contributed by atoms with E-state index in [0.717, 1.165) is 12.1 Å². The molecule has 1 atom stereocenters. The van der Waals surface area contributed by atoms with Gasteiger partial charge in [0, 0.05) is 28.2 Å². The second-order valence-corrected chi connectivity index (χ2v) is 9.15. The first kappa shape index (κ1) is 22.2. The number of amides is 2. The number of hydrogen-bond donors (Lipinski definition) is 2. The van der Waals surface area contributed by atoms with E-state index in [4.69, 9.17) is 0 Å². The zero-order valence-corrected chi connectivity index (χ0v) is 18.4. The first-order chi connectivity index (χ1) is 15.7. The fourth-order valence-electron chi connectivity index (χ4n) is 3.53. The first-order valence-corrected chi connectivity index (χ1v) is 11.5. The molecule has 3 aromatic rings. The van der Waals surface area contributed by atoms with E-state index in [1.54, 1.807) is 31.2 Å². The number of rotatable bonds is 6. The van der Waals surface area contributed by atoms with Gasteiger partial charge in [-0.2, -0.15) is 0 Å². The Balaban J connectivity index is 1.43. The maximum atomic E-state index is 13.0. The average Bonchev–Trinajstić information content (AvgIpc) is 3.05. The van der Waals surface area contributed by atoms with Gasteiger partial charge >= 0.3 is 0 Å². The summed E-state index contributed by atoms with van der Waals surface area (Å²) >= 11 is 0. The zero-order valence-electron chi connectivity index (χ0n) is 17.6. The largest absolute Gasteiger partial charge is 0.324 e. The molecule has 0 bridgehead atoms. The smallest absolute Gasteiger partial charge is 0.261 e. The van der Waals surface area contributed by atoms with Crippen LogP contribution in [0.5, 0.6) is 0 Å². The minimum Gasteiger partial charge on any atom is -0.324 e. The zero-order chi connectivity index (χ0) is 23.8. The normalized spacial score (nSPS) is 14.1. The molecule has 0 aliphatic carbocycles. The number of carbonyl (C=O) groups excluding carboxylic acids is 2. The predicted molar refractivity (Wildman–Crippen MR) is 123 cm³/mol. The molecule has 0 spiro atoms. The molecule has 0 saturated heterocycles. The molecular weight excluding hydrogens is 445 g/mol. The molecule has 7 nitrogen and oxygen atoms in total. The Morgan fingerprint density at radius 2 is 1.52 bits per heavy atom. The van der Waals surface area contributed by atoms with Gasteiger partial charge in [-0.1, -0.05) is 24.8 Å². The Kier molecular flexibility index (Phi) is 5.73. The molecule has 0 fully saturated rings. The molecule has 0 saturated carbocycles. The molecule has 9 heteroatoms. The summed E-state index contributed by atoms with van der Waals surface area (Å²) in [5, 5.41) is 2.72. The summed E-state index contributed by atoms with van der Waals surface area (Å²) in [5.74, 6) is -1.24. The fraction of sp³-hybridized carbons (Fsp3) is 0.0833. The van der Waals surface area contributed by atoms with E-state index in [1.807, 2.05) is 0 Å². The molecule has 1 heterocycles. The Bertz CT molecular complexity index is 1320. The van der Waals surface area contributed by atoms with Crippen LogP contribution in [0.15, 0.2) is 84.3 Å². The maximum Gasteiger partial charge on any atom is 0.261 e. The molecule has 1 unspecified atom stereocenters. The molecule has 2 amide bonds. The van der Waals surface area contributed by atoms with Crippen LogP contribution in [0.4, 0.5) is 15.8 Å². The van der Waals surface area contributed by atoms with Crippen molar-refractivity contribution in [1.82, 2.24) is 4.90 Å². The third kappa shape index (κ3) is 4.35. The lowest BCUT2D eigenvalue weighted by molar-refractivity contribution is -0.119. The lowest BCUT2D eigenvalue weighted by atomic mass is 10.1. The number of nitrogens with one attached hydrogen (secondary N) is 2. The molecule has 1 aliphatic heterocycles. The van der Waals surface area contributed by atoms with Gasteiger partial charge in [0.05, 0.1) is 4.90 Å². The van der Waals surface area contributed by atoms with Crippen molar-refractivity contribution in [1.29, 1.82) is 0 Å². The summed E-state index contributed by atoms with van der Waals surface area (Å²) in [7, 11) is -3.89. The molecule has 0 radical (unpaired) electrons. The van der Waals surface area contributed by atoms with Gasteiger partial charge in [-0.05, 0) is 61.5 Å². The fourth-order valence-corrected chi connectivity index (χ4v) is 4.59. The van der Waals surface area contributed by atoms with Crippen LogP contribution < -0.4 is 10.0 Å². The second kappa shape index (κ2) is 8.51. The minimum atomic E-state index is -3.89. The Morgan fingerprint density at radius 1 is 0.939 bits per heavy atom. The Hall–Kier alpha value is -3.98. The van der Waals surface area contributed by atoms with Crippen LogP contribution in [0.1, 0.15) is 22.8 Å². The molecule has 1 aliphatic rings. The molecule has 33 heavy (non-hydrogen) atoms. The summed E-state index contributed by atoms with van der Waals surface area (Å²) in [6.07, 6.45) is 0. The number of nitrogens with zero attached hydrogens (tertiary/aromatic N) is 1. The third-order valence-corrected chi connectivity index (χ3v) is 6.67. The summed E-state index contributed by atoms with van der Waals surface area (Å²) in [4.78, 5) is 26.8. The second-order valence-electron chi connectivity index (χ2n) is 7.47. The molecule has 168 valence electrons. The number of halogens is 1. The van der Waals surface area contributed by atoms with Crippen molar-refractivity contribution in [2.75, 3.05) is 10.0 Å². The van der Waals surface area contributed by atoms with Crippen LogP contribution in [0, 0.1) is 5.82 Å². The van der Waals surface area contributed by atoms with Crippen molar-refractivity contribution in [2.45, 2.75) is 17.9 Å². The van der Waals surface area contributed by atoms with Crippen LogP contribution in [0.3, 0.4) is 0 Å². The number of carbonyl (C=O) groups is 2. The lowest BCUT2D eigenvalue weighted by Crippen LogP contribution is -2.41. The summed E-state index contributed by atoms with van der Waals surface area (Å²) in [6.45, 7) is 5.56. The number of hydrogen-bond acceptors (Lipinski definition) is 4. The van der Waals surface area contributed by atoms with Crippen LogP contribution >= 0.6 is 0 Å². The van der Waals surface area contributed by atoms with Crippen LogP contribution in [0.25, 0.3) is 5.70 Å². The Labute approximate surface area is 190 Å². The molecule has 4 rings (SSSR count). The summed E-state index contributed by atoms with van der Waals surface area (Å²) < 4.78 is 40.3. The highest BCUT2D eigenvalue weighted by atomic mass is 32.2. The van der Waals surface area contributed by atoms with Crippen LogP contribution in [-0.4, -0.2) is 31.2 Å². The van der Waals surface area contributed by atoms with E-state index in [2.05, 4.69) is 16.6 Å². The van der Waals surface area contributed by atoms with E-state index in [0.29, 0.717) is 22.5 Å². The topological polar surface area (TPSA) is 95.6 Å². The number of sulfonamides is 1. The van der Waals surface area contributed by atoms with E-state index in [-0.39, 0.29) is 16.5 Å². The maximum absolute atomic E-state index is 13.0. The van der Waals surface area contributed by atoms with Gasteiger partial charge < -0.3 is 5.32 Å². The van der Waals surface area contributed by atoms with E-state index >= 15 is 0 Å². The summed E-state index contributed by atoms with van der Waals surface area (Å²) in [5.41, 5.74) is 2.35. The van der Waals surface area contributed by atoms with Gasteiger partial charge in [-0.3, -0.25) is 19.2 Å². The average molecular weight is 466 g/mol. The van der Waals surface area contributed by atoms with Crippen LogP contribution in [-0.2, 0) is 14.8 Å². The molecular formula is C24H20FN3O4S. The standard InChI is InChI=1S/C24H20FN3O4S/c1-15-21-5-3-4-6-22(21)24(30)28(15)16(2)23(29)26-18-9-11-19(12-10-18)27-33(31,32)20-13-7-17(25)8-14-20/h3-14,16,27H,1H2,2H3,(H,26,29). The molecule has 3 aromatic carbocycles. The quantitative estimate of drug-likeness (QED) is 0.574. The number of fused-ring (bicyclic) bond motifs is 1. The first-order valence-electron chi connectivity index (χ1n) is 9.98. The Morgan fingerprint density at radius 3 is 2.12 bits per heavy atom. The van der Waals surface area contributed by atoms with Gasteiger partial charge in [0.15, 0.2) is 0 Å². The van der Waals surface area contributed by atoms with Gasteiger partial charge in [-0.15, -0.1) is 0 Å². The van der Waals surface area contributed by atoms with Crippen molar-refractivity contribution < 1.29 is 22.4 Å². The van der Waals surface area contributed by atoms with Crippen molar-refractivity contribution in [3.63, 3.8) is 0 Å². The van der Waals surface area contributed by atoms with Crippen molar-refractivity contribution >= 4 is 38.9 Å². The third-order valence-electron chi connectivity index (χ3n) is 5.27. The molecule has 2 N–H and O–H groups in total. The molecule has 0 aromatic heterocycles. The van der Waals surface area contributed by atoms with Crippen molar-refractivity contribution in [3.8, 4) is 0 Å². The summed E-state index contributed by atoms with van der Waals surface area (Å²) in [6, 6.07) is 16.7. The predicted octanol–water partition coefficient (Wildman–Crippen LogP) is 4.08. The highest BCUT2D eigenvalue weighted by Gasteiger charge is 2.36. The SMILES string of the molecule is C=C1c2ccccc2C(=O)N1C(C)C(=O)Nc1ccc(NS(=O)(=O)c2ccc(F)cc2)cc1. The van der Waals surface area contributed by atoms with Crippen molar-refractivity contribution in [2.24, 2.45) is 0 Å². The highest BCUT2D eigenvalue weighted by Crippen LogP contribution is 2.33. The number of anilines is 2. The van der Waals surface area contributed by atoms with Gasteiger partial charge in [-0.25, -0.2) is 12.8 Å². The van der Waals surface area contributed by atoms with E-state index in [9.17, 15) is 22.4 Å². The van der Waals surface area contributed by atoms with Crippen molar-refractivity contribution in [3.05, 3.63) is 96.3 Å². The lowest BCUT2D eigenvalue weighted by Gasteiger charge is -2.24. The number of benzene rings is 3. The van der Waals surface area contributed by atoms with E-state index in [1.165, 1.54) is 41.3 Å². The highest BCUT2D eigenvalue weighted by molar-refractivity contribution is 7.92. The van der Waals surface area contributed by atoms with Gasteiger partial charge in [0.25, 0.3) is 15.9 Å². The van der Waals surface area contributed by atoms with Gasteiger partial charge in [0.2, 0.25) is 5.91 Å². The minimum absolute atomic E-state index is 0.0772. The monoisotopic (exact) mass is 465 g/mol. The van der Waals surface area contributed by atoms with E-state index < -0.39 is 27.8 Å². The van der Waals surface area contributed by atoms with Gasteiger partial charge in [0.1, 0.15) is 11.9 Å².